The first kappa shape index (κ1) is 19.7. The second-order valence-corrected chi connectivity index (χ2v) is 7.30. The Labute approximate surface area is 164 Å². The molecule has 2 unspecified atom stereocenters. The lowest BCUT2D eigenvalue weighted by molar-refractivity contribution is -0.383. The van der Waals surface area contributed by atoms with Gasteiger partial charge in [-0.05, 0) is 49.4 Å². The zero-order chi connectivity index (χ0) is 20.3. The number of nitrogens with two attached hydrogens (primary N) is 1. The van der Waals surface area contributed by atoms with Gasteiger partial charge in [-0.1, -0.05) is 13.8 Å². The number of nitro groups is 1. The maximum absolute atomic E-state index is 11.5. The van der Waals surface area contributed by atoms with Crippen LogP contribution in [-0.2, 0) is 0 Å². The Bertz CT molecular complexity index is 832. The molecule has 1 fully saturated rings. The molecule has 1 aliphatic rings. The predicted octanol–water partition coefficient (Wildman–Crippen LogP) is 3.59. The van der Waals surface area contributed by atoms with Crippen LogP contribution in [0.25, 0.3) is 0 Å². The smallest absolute Gasteiger partial charge is 0.353 e. The molecular weight excluding hydrogens is 360 g/mol. The minimum atomic E-state index is -0.558. The average molecular weight is 386 g/mol. The number of nitrogen functional groups attached to an aromatic ring is 1. The molecule has 0 saturated carbocycles. The summed E-state index contributed by atoms with van der Waals surface area (Å²) in [5.74, 6) is 2.06. The third-order valence-corrected chi connectivity index (χ3v) is 4.66. The minimum absolute atomic E-state index is 0.0857. The van der Waals surface area contributed by atoms with Crippen LogP contribution >= 0.6 is 0 Å². The topological polar surface area (TPSA) is 119 Å². The van der Waals surface area contributed by atoms with Crippen LogP contribution in [0.5, 0.6) is 5.75 Å². The van der Waals surface area contributed by atoms with Crippen LogP contribution in [0.15, 0.2) is 24.3 Å². The Balaban J connectivity index is 1.93. The Morgan fingerprint density at radius 1 is 1.25 bits per heavy atom. The molecule has 1 saturated heterocycles. The predicted molar refractivity (Wildman–Crippen MR) is 109 cm³/mol. The number of ether oxygens (including phenoxy) is 1. The number of hydrogen-bond acceptors (Lipinski definition) is 8. The first-order chi connectivity index (χ1) is 13.4. The van der Waals surface area contributed by atoms with Crippen LogP contribution in [0.4, 0.5) is 29.0 Å². The number of anilines is 4. The normalized spacial score (nSPS) is 19.3. The van der Waals surface area contributed by atoms with Gasteiger partial charge >= 0.3 is 5.69 Å². The molecule has 2 aromatic rings. The van der Waals surface area contributed by atoms with Crippen molar-refractivity contribution in [3.63, 3.8) is 0 Å². The van der Waals surface area contributed by atoms with Gasteiger partial charge in [-0.3, -0.25) is 10.1 Å². The Kier molecular flexibility index (Phi) is 5.81. The first-order valence-corrected chi connectivity index (χ1v) is 9.44. The van der Waals surface area contributed by atoms with Crippen molar-refractivity contribution in [2.75, 3.05) is 35.6 Å². The SMILES string of the molecule is CCOc1ccc(Nc2nc(N3CC(C)CC(C)C3)nc(N)c2[N+](=O)[O-])cc1. The molecule has 0 radical (unpaired) electrons. The van der Waals surface area contributed by atoms with Crippen molar-refractivity contribution in [1.82, 2.24) is 9.97 Å². The minimum Gasteiger partial charge on any atom is -0.494 e. The van der Waals surface area contributed by atoms with Crippen LogP contribution in [0.2, 0.25) is 0 Å². The Morgan fingerprint density at radius 3 is 2.46 bits per heavy atom. The lowest BCUT2D eigenvalue weighted by Gasteiger charge is -2.35. The molecule has 0 spiro atoms. The third kappa shape index (κ3) is 4.41. The highest BCUT2D eigenvalue weighted by molar-refractivity contribution is 5.74. The van der Waals surface area contributed by atoms with Crippen LogP contribution in [0.1, 0.15) is 27.2 Å². The zero-order valence-electron chi connectivity index (χ0n) is 16.4. The van der Waals surface area contributed by atoms with E-state index >= 15 is 0 Å². The van der Waals surface area contributed by atoms with Gasteiger partial charge in [-0.15, -0.1) is 0 Å². The molecule has 0 amide bonds. The van der Waals surface area contributed by atoms with Gasteiger partial charge in [-0.2, -0.15) is 9.97 Å². The van der Waals surface area contributed by atoms with E-state index < -0.39 is 4.92 Å². The fourth-order valence-electron chi connectivity index (χ4n) is 3.63. The first-order valence-electron chi connectivity index (χ1n) is 9.44. The average Bonchev–Trinajstić information content (AvgIpc) is 2.62. The monoisotopic (exact) mass is 386 g/mol. The second kappa shape index (κ2) is 8.28. The summed E-state index contributed by atoms with van der Waals surface area (Å²) in [5, 5.41) is 14.5. The van der Waals surface area contributed by atoms with Gasteiger partial charge in [0.25, 0.3) is 0 Å². The fourth-order valence-corrected chi connectivity index (χ4v) is 3.63. The van der Waals surface area contributed by atoms with Crippen molar-refractivity contribution in [1.29, 1.82) is 0 Å². The number of piperidine rings is 1. The Hall–Kier alpha value is -3.10. The molecule has 2 heterocycles. The van der Waals surface area contributed by atoms with Gasteiger partial charge in [0.05, 0.1) is 11.5 Å². The summed E-state index contributed by atoms with van der Waals surface area (Å²) in [6.07, 6.45) is 1.14. The maximum Gasteiger partial charge on any atom is 0.353 e. The van der Waals surface area contributed by atoms with E-state index in [0.717, 1.165) is 25.3 Å². The number of benzene rings is 1. The summed E-state index contributed by atoms with van der Waals surface area (Å²) in [7, 11) is 0. The molecule has 28 heavy (non-hydrogen) atoms. The molecule has 150 valence electrons. The summed E-state index contributed by atoms with van der Waals surface area (Å²) in [6, 6.07) is 7.13. The molecule has 9 heteroatoms. The van der Waals surface area contributed by atoms with Crippen LogP contribution < -0.4 is 20.7 Å². The molecule has 0 aliphatic carbocycles. The molecule has 9 nitrogen and oxygen atoms in total. The number of hydrogen-bond donors (Lipinski definition) is 2. The van der Waals surface area contributed by atoms with Crippen LogP contribution in [0, 0.1) is 22.0 Å². The largest absolute Gasteiger partial charge is 0.494 e. The van der Waals surface area contributed by atoms with Crippen molar-refractivity contribution in [2.24, 2.45) is 11.8 Å². The van der Waals surface area contributed by atoms with E-state index in [-0.39, 0.29) is 17.3 Å². The van der Waals surface area contributed by atoms with Gasteiger partial charge in [0, 0.05) is 18.8 Å². The summed E-state index contributed by atoms with van der Waals surface area (Å²) in [6.45, 7) is 8.42. The molecule has 3 N–H and O–H groups in total. The van der Waals surface area contributed by atoms with Gasteiger partial charge in [0.2, 0.25) is 17.6 Å². The van der Waals surface area contributed by atoms with E-state index in [9.17, 15) is 10.1 Å². The van der Waals surface area contributed by atoms with Crippen molar-refractivity contribution in [3.05, 3.63) is 34.4 Å². The number of aromatic nitrogens is 2. The molecule has 1 aromatic carbocycles. The summed E-state index contributed by atoms with van der Waals surface area (Å²) in [4.78, 5) is 21.7. The highest BCUT2D eigenvalue weighted by Crippen LogP contribution is 2.34. The Morgan fingerprint density at radius 2 is 1.89 bits per heavy atom. The van der Waals surface area contributed by atoms with Crippen molar-refractivity contribution in [2.45, 2.75) is 27.2 Å². The van der Waals surface area contributed by atoms with Crippen molar-refractivity contribution >= 4 is 29.0 Å². The van der Waals surface area contributed by atoms with E-state index in [0.29, 0.717) is 30.1 Å². The van der Waals surface area contributed by atoms with Crippen LogP contribution in [0.3, 0.4) is 0 Å². The van der Waals surface area contributed by atoms with Gasteiger partial charge in [0.15, 0.2) is 0 Å². The summed E-state index contributed by atoms with van der Waals surface area (Å²) >= 11 is 0. The standard InChI is InChI=1S/C19H26N6O3/c1-4-28-15-7-5-14(6-8-15)21-18-16(25(26)27)17(20)22-19(23-18)24-10-12(2)9-13(3)11-24/h5-8,12-13H,4,9-11H2,1-3H3,(H3,20,21,22,23). The number of nitrogens with one attached hydrogen (secondary N) is 1. The van der Waals surface area contributed by atoms with E-state index in [1.807, 2.05) is 11.8 Å². The van der Waals surface area contributed by atoms with Crippen molar-refractivity contribution in [3.8, 4) is 5.75 Å². The van der Waals surface area contributed by atoms with Gasteiger partial charge < -0.3 is 20.7 Å². The van der Waals surface area contributed by atoms with Crippen molar-refractivity contribution < 1.29 is 9.66 Å². The maximum atomic E-state index is 11.5. The van der Waals surface area contributed by atoms with Gasteiger partial charge in [-0.25, -0.2) is 0 Å². The summed E-state index contributed by atoms with van der Waals surface area (Å²) < 4.78 is 5.42. The van der Waals surface area contributed by atoms with E-state index in [2.05, 4.69) is 29.1 Å². The molecule has 1 aromatic heterocycles. The van der Waals surface area contributed by atoms with E-state index in [1.54, 1.807) is 24.3 Å². The molecule has 3 rings (SSSR count). The quantitative estimate of drug-likeness (QED) is 0.571. The number of rotatable bonds is 6. The molecule has 1 aliphatic heterocycles. The summed E-state index contributed by atoms with van der Waals surface area (Å²) in [5.41, 5.74) is 6.26. The van der Waals surface area contributed by atoms with E-state index in [4.69, 9.17) is 10.5 Å². The zero-order valence-corrected chi connectivity index (χ0v) is 16.4. The molecule has 2 atom stereocenters. The second-order valence-electron chi connectivity index (χ2n) is 7.30. The molecular formula is C19H26N6O3. The number of nitrogens with zero attached hydrogens (tertiary/aromatic N) is 4. The highest BCUT2D eigenvalue weighted by atomic mass is 16.6. The lowest BCUT2D eigenvalue weighted by atomic mass is 9.92. The van der Waals surface area contributed by atoms with Gasteiger partial charge in [0.1, 0.15) is 5.75 Å². The molecule has 0 bridgehead atoms. The van der Waals surface area contributed by atoms with E-state index in [1.165, 1.54) is 0 Å². The highest BCUT2D eigenvalue weighted by Gasteiger charge is 2.28. The lowest BCUT2D eigenvalue weighted by Crippen LogP contribution is -2.39. The third-order valence-electron chi connectivity index (χ3n) is 4.66. The fraction of sp³-hybridized carbons (Fsp3) is 0.474. The van der Waals surface area contributed by atoms with Crippen LogP contribution in [-0.4, -0.2) is 34.6 Å².